The zero-order chi connectivity index (χ0) is 13.1. The van der Waals surface area contributed by atoms with E-state index in [1.54, 1.807) is 0 Å². The highest BCUT2D eigenvalue weighted by Crippen LogP contribution is 2.33. The van der Waals surface area contributed by atoms with E-state index in [4.69, 9.17) is 0 Å². The highest BCUT2D eigenvalue weighted by atomic mass is 32.2. The van der Waals surface area contributed by atoms with Crippen LogP contribution in [0.1, 0.15) is 30.7 Å². The number of hydrogen-bond donors (Lipinski definition) is 2. The summed E-state index contributed by atoms with van der Waals surface area (Å²) in [5.74, 6) is 2.85. The summed E-state index contributed by atoms with van der Waals surface area (Å²) in [6.07, 6.45) is 2.97. The number of fused-ring (bicyclic) bond motifs is 1. The van der Waals surface area contributed by atoms with Crippen molar-refractivity contribution in [2.75, 3.05) is 23.4 Å². The second kappa shape index (κ2) is 5.87. The molecule has 0 spiro atoms. The van der Waals surface area contributed by atoms with Gasteiger partial charge in [-0.15, -0.1) is 0 Å². The molecule has 2 aliphatic heterocycles. The van der Waals surface area contributed by atoms with Crippen LogP contribution in [0.25, 0.3) is 0 Å². The van der Waals surface area contributed by atoms with Crippen LogP contribution in [0.15, 0.2) is 24.3 Å². The Hall–Kier alpha value is -1.16. The van der Waals surface area contributed by atoms with Crippen molar-refractivity contribution in [1.29, 1.82) is 0 Å². The number of carbonyl (C=O) groups excluding carboxylic acids is 1. The van der Waals surface area contributed by atoms with E-state index in [9.17, 15) is 4.79 Å². The van der Waals surface area contributed by atoms with Crippen LogP contribution in [0.5, 0.6) is 0 Å². The lowest BCUT2D eigenvalue weighted by atomic mass is 9.97. The lowest BCUT2D eigenvalue weighted by Gasteiger charge is -2.23. The summed E-state index contributed by atoms with van der Waals surface area (Å²) >= 11 is 1.95. The smallest absolute Gasteiger partial charge is 0.220 e. The van der Waals surface area contributed by atoms with Gasteiger partial charge in [0.1, 0.15) is 0 Å². The molecule has 1 aromatic rings. The molecule has 0 saturated carbocycles. The predicted octanol–water partition coefficient (Wildman–Crippen LogP) is 2.60. The van der Waals surface area contributed by atoms with Gasteiger partial charge in [-0.1, -0.05) is 18.2 Å². The number of amides is 1. The predicted molar refractivity (Wildman–Crippen MR) is 80.8 cm³/mol. The minimum atomic E-state index is 0.205. The number of benzene rings is 1. The van der Waals surface area contributed by atoms with E-state index in [0.717, 1.165) is 18.7 Å². The van der Waals surface area contributed by atoms with E-state index < -0.39 is 0 Å². The first-order valence-electron chi connectivity index (χ1n) is 7.03. The fraction of sp³-hybridized carbons (Fsp3) is 0.533. The molecule has 1 aromatic carbocycles. The molecular formula is C15H20N2OS. The fourth-order valence-electron chi connectivity index (χ4n) is 2.90. The van der Waals surface area contributed by atoms with E-state index in [2.05, 4.69) is 28.8 Å². The van der Waals surface area contributed by atoms with Gasteiger partial charge < -0.3 is 10.6 Å². The van der Waals surface area contributed by atoms with Crippen LogP contribution in [-0.2, 0) is 4.79 Å². The summed E-state index contributed by atoms with van der Waals surface area (Å²) in [6.45, 7) is 0.881. The topological polar surface area (TPSA) is 41.1 Å². The highest BCUT2D eigenvalue weighted by molar-refractivity contribution is 7.99. The second-order valence-corrected chi connectivity index (χ2v) is 6.50. The number of rotatable bonds is 3. The Morgan fingerprint density at radius 1 is 1.42 bits per heavy atom. The summed E-state index contributed by atoms with van der Waals surface area (Å²) < 4.78 is 0. The number of nitrogens with one attached hydrogen (secondary N) is 2. The minimum absolute atomic E-state index is 0.205. The van der Waals surface area contributed by atoms with Crippen LogP contribution >= 0.6 is 11.8 Å². The van der Waals surface area contributed by atoms with Crippen LogP contribution in [-0.4, -0.2) is 30.0 Å². The first-order chi connectivity index (χ1) is 9.33. The molecule has 19 heavy (non-hydrogen) atoms. The van der Waals surface area contributed by atoms with Crippen molar-refractivity contribution >= 4 is 23.4 Å². The van der Waals surface area contributed by atoms with E-state index in [0.29, 0.717) is 18.4 Å². The van der Waals surface area contributed by atoms with Gasteiger partial charge in [0.25, 0.3) is 0 Å². The summed E-state index contributed by atoms with van der Waals surface area (Å²) in [6, 6.07) is 8.69. The molecule has 1 saturated heterocycles. The molecule has 2 heterocycles. The number of carbonyl (C=O) groups is 1. The van der Waals surface area contributed by atoms with Gasteiger partial charge in [-0.25, -0.2) is 0 Å². The normalized spacial score (nSPS) is 25.5. The molecule has 102 valence electrons. The third-order valence-electron chi connectivity index (χ3n) is 3.90. The van der Waals surface area contributed by atoms with Crippen LogP contribution in [0, 0.1) is 0 Å². The monoisotopic (exact) mass is 276 g/mol. The van der Waals surface area contributed by atoms with Gasteiger partial charge in [-0.3, -0.25) is 4.79 Å². The average Bonchev–Trinajstić information content (AvgIpc) is 2.83. The third-order valence-corrected chi connectivity index (χ3v) is 5.11. The number of para-hydroxylation sites is 1. The minimum Gasteiger partial charge on any atom is -0.384 e. The zero-order valence-corrected chi connectivity index (χ0v) is 11.8. The standard InChI is InChI=1S/C15H20N2OS/c18-15(17-12-4-3-7-19-10-12)8-11-9-16-14-6-2-1-5-13(11)14/h1-2,5-6,11-12,16H,3-4,7-10H2,(H,17,18). The maximum absolute atomic E-state index is 12.1. The first-order valence-corrected chi connectivity index (χ1v) is 8.18. The molecule has 0 aliphatic carbocycles. The van der Waals surface area contributed by atoms with Crippen molar-refractivity contribution in [1.82, 2.24) is 5.32 Å². The molecule has 0 bridgehead atoms. The summed E-state index contributed by atoms with van der Waals surface area (Å²) in [4.78, 5) is 12.1. The molecule has 2 aliphatic rings. The van der Waals surface area contributed by atoms with Crippen molar-refractivity contribution in [3.8, 4) is 0 Å². The van der Waals surface area contributed by atoms with Crippen LogP contribution in [0.2, 0.25) is 0 Å². The Morgan fingerprint density at radius 2 is 2.32 bits per heavy atom. The Balaban J connectivity index is 1.55. The Bertz CT molecular complexity index is 457. The van der Waals surface area contributed by atoms with E-state index in [1.165, 1.54) is 23.4 Å². The molecule has 1 amide bonds. The van der Waals surface area contributed by atoms with Crippen LogP contribution < -0.4 is 10.6 Å². The van der Waals surface area contributed by atoms with Gasteiger partial charge >= 0.3 is 0 Å². The maximum atomic E-state index is 12.1. The van der Waals surface area contributed by atoms with Crippen molar-refractivity contribution in [3.63, 3.8) is 0 Å². The first kappa shape index (κ1) is 12.9. The van der Waals surface area contributed by atoms with Crippen molar-refractivity contribution in [2.24, 2.45) is 0 Å². The lowest BCUT2D eigenvalue weighted by molar-refractivity contribution is -0.122. The van der Waals surface area contributed by atoms with Gasteiger partial charge in [0.05, 0.1) is 0 Å². The molecule has 2 N–H and O–H groups in total. The van der Waals surface area contributed by atoms with Crippen molar-refractivity contribution < 1.29 is 4.79 Å². The molecule has 0 aromatic heterocycles. The van der Waals surface area contributed by atoms with E-state index >= 15 is 0 Å². The summed E-state index contributed by atoms with van der Waals surface area (Å²) in [5.41, 5.74) is 2.48. The Kier molecular flexibility index (Phi) is 3.97. The van der Waals surface area contributed by atoms with Gasteiger partial charge in [0.2, 0.25) is 5.91 Å². The van der Waals surface area contributed by atoms with Gasteiger partial charge in [0.15, 0.2) is 0 Å². The number of anilines is 1. The Labute approximate surface area is 118 Å². The lowest BCUT2D eigenvalue weighted by Crippen LogP contribution is -2.39. The van der Waals surface area contributed by atoms with Gasteiger partial charge in [-0.2, -0.15) is 11.8 Å². The summed E-state index contributed by atoms with van der Waals surface area (Å²) in [5, 5.41) is 6.56. The maximum Gasteiger partial charge on any atom is 0.220 e. The average molecular weight is 276 g/mol. The van der Waals surface area contributed by atoms with Crippen molar-refractivity contribution in [2.45, 2.75) is 31.2 Å². The molecule has 3 nitrogen and oxygen atoms in total. The fourth-order valence-corrected chi connectivity index (χ4v) is 3.98. The largest absolute Gasteiger partial charge is 0.384 e. The SMILES string of the molecule is O=C(CC1CNc2ccccc21)NC1CCCSC1. The molecule has 0 radical (unpaired) electrons. The van der Waals surface area contributed by atoms with Gasteiger partial charge in [0, 0.05) is 36.4 Å². The molecule has 2 unspecified atom stereocenters. The zero-order valence-electron chi connectivity index (χ0n) is 11.0. The molecule has 1 fully saturated rings. The number of hydrogen-bond acceptors (Lipinski definition) is 3. The highest BCUT2D eigenvalue weighted by Gasteiger charge is 2.25. The van der Waals surface area contributed by atoms with E-state index in [-0.39, 0.29) is 5.91 Å². The quantitative estimate of drug-likeness (QED) is 0.891. The summed E-state index contributed by atoms with van der Waals surface area (Å²) in [7, 11) is 0. The van der Waals surface area contributed by atoms with Crippen LogP contribution in [0.3, 0.4) is 0 Å². The molecule has 2 atom stereocenters. The molecule has 3 rings (SSSR count). The second-order valence-electron chi connectivity index (χ2n) is 5.35. The molecular weight excluding hydrogens is 256 g/mol. The van der Waals surface area contributed by atoms with Crippen molar-refractivity contribution in [3.05, 3.63) is 29.8 Å². The number of thioether (sulfide) groups is 1. The van der Waals surface area contributed by atoms with E-state index in [1.807, 2.05) is 17.8 Å². The third kappa shape index (κ3) is 3.06. The Morgan fingerprint density at radius 3 is 3.16 bits per heavy atom. The van der Waals surface area contributed by atoms with Crippen LogP contribution in [0.4, 0.5) is 5.69 Å². The molecule has 4 heteroatoms. The van der Waals surface area contributed by atoms with Gasteiger partial charge in [-0.05, 0) is 30.2 Å².